The van der Waals surface area contributed by atoms with Crippen LogP contribution in [0.3, 0.4) is 0 Å². The van der Waals surface area contributed by atoms with Crippen LogP contribution < -0.4 is 14.2 Å². The van der Waals surface area contributed by atoms with Crippen LogP contribution >= 0.6 is 0 Å². The van der Waals surface area contributed by atoms with Crippen LogP contribution in [0.15, 0.2) is 36.4 Å². The number of nitrogens with one attached hydrogen (secondary N) is 1. The van der Waals surface area contributed by atoms with Crippen molar-refractivity contribution in [2.75, 3.05) is 19.9 Å². The fraction of sp³-hybridized carbons (Fsp3) is 0.188. The first-order chi connectivity index (χ1) is 12.2. The van der Waals surface area contributed by atoms with Crippen molar-refractivity contribution in [3.8, 4) is 11.5 Å². The molecule has 2 rings (SSSR count). The molecule has 1 heterocycles. The molecule has 26 heavy (non-hydrogen) atoms. The molecular formula is C16H16N2O7S. The van der Waals surface area contributed by atoms with Crippen LogP contribution in [0.25, 0.3) is 6.08 Å². The standard InChI is InChI=1S/C16H16N2O7S/c1-4-7-18-15(20)11(14(19)17-16(18)21)8-10-5-6-12(13(9-10)24-2)25-26(3,22)23/h4-6,8-9H,1,7H2,2-3H3,(H,17,19,21)/b11-8-. The fourth-order valence-corrected chi connectivity index (χ4v) is 2.63. The monoisotopic (exact) mass is 380 g/mol. The number of benzene rings is 1. The number of hydrogen-bond acceptors (Lipinski definition) is 7. The van der Waals surface area contributed by atoms with Gasteiger partial charge in [0.25, 0.3) is 11.8 Å². The summed E-state index contributed by atoms with van der Waals surface area (Å²) in [6.45, 7) is 3.40. The van der Waals surface area contributed by atoms with Crippen LogP contribution in [-0.4, -0.2) is 51.1 Å². The summed E-state index contributed by atoms with van der Waals surface area (Å²) in [5.41, 5.74) is 0.111. The second kappa shape index (κ2) is 7.40. The summed E-state index contributed by atoms with van der Waals surface area (Å²) in [4.78, 5) is 36.8. The van der Waals surface area contributed by atoms with Gasteiger partial charge >= 0.3 is 16.1 Å². The average Bonchev–Trinajstić information content (AvgIpc) is 2.55. The molecule has 9 nitrogen and oxygen atoms in total. The van der Waals surface area contributed by atoms with Crippen LogP contribution in [0.1, 0.15) is 5.56 Å². The molecular weight excluding hydrogens is 364 g/mol. The minimum atomic E-state index is -3.75. The lowest BCUT2D eigenvalue weighted by atomic mass is 10.1. The van der Waals surface area contributed by atoms with Gasteiger partial charge in [-0.15, -0.1) is 6.58 Å². The van der Waals surface area contributed by atoms with E-state index in [9.17, 15) is 22.8 Å². The highest BCUT2D eigenvalue weighted by molar-refractivity contribution is 7.86. The SMILES string of the molecule is C=CCN1C(=O)NC(=O)/C(=C/c2ccc(OS(C)(=O)=O)c(OC)c2)C1=O. The molecule has 1 aromatic carbocycles. The Hall–Kier alpha value is -3.14. The van der Waals surface area contributed by atoms with Gasteiger partial charge in [-0.05, 0) is 23.8 Å². The maximum atomic E-state index is 12.3. The van der Waals surface area contributed by atoms with Crippen molar-refractivity contribution in [1.82, 2.24) is 10.2 Å². The number of rotatable bonds is 6. The van der Waals surface area contributed by atoms with E-state index < -0.39 is 28.0 Å². The van der Waals surface area contributed by atoms with Crippen molar-refractivity contribution in [1.29, 1.82) is 0 Å². The number of hydrogen-bond donors (Lipinski definition) is 1. The van der Waals surface area contributed by atoms with Gasteiger partial charge in [0.2, 0.25) is 0 Å². The zero-order chi connectivity index (χ0) is 19.5. The highest BCUT2D eigenvalue weighted by Gasteiger charge is 2.34. The normalized spacial score (nSPS) is 16.5. The Balaban J connectivity index is 2.41. The van der Waals surface area contributed by atoms with Gasteiger partial charge in [-0.25, -0.2) is 4.79 Å². The predicted octanol–water partition coefficient (Wildman–Crippen LogP) is 0.681. The Labute approximate surface area is 150 Å². The minimum absolute atomic E-state index is 0.0416. The maximum absolute atomic E-state index is 12.3. The Morgan fingerprint density at radius 1 is 1.23 bits per heavy atom. The number of carbonyl (C=O) groups excluding carboxylic acids is 3. The maximum Gasteiger partial charge on any atom is 0.331 e. The zero-order valence-corrected chi connectivity index (χ0v) is 14.8. The lowest BCUT2D eigenvalue weighted by Crippen LogP contribution is -2.54. The van der Waals surface area contributed by atoms with Crippen molar-refractivity contribution < 1.29 is 31.7 Å². The Morgan fingerprint density at radius 3 is 2.50 bits per heavy atom. The molecule has 1 aromatic rings. The van der Waals surface area contributed by atoms with Crippen LogP contribution in [0.2, 0.25) is 0 Å². The summed E-state index contributed by atoms with van der Waals surface area (Å²) in [5, 5.41) is 2.06. The van der Waals surface area contributed by atoms with E-state index in [0.29, 0.717) is 5.56 Å². The van der Waals surface area contributed by atoms with E-state index in [-0.39, 0.29) is 23.6 Å². The van der Waals surface area contributed by atoms with Crippen LogP contribution in [-0.2, 0) is 19.7 Å². The molecule has 0 aromatic heterocycles. The second-order valence-electron chi connectivity index (χ2n) is 5.22. The topological polar surface area (TPSA) is 119 Å². The molecule has 0 aliphatic carbocycles. The van der Waals surface area contributed by atoms with Crippen molar-refractivity contribution in [3.05, 3.63) is 42.0 Å². The summed E-state index contributed by atoms with van der Waals surface area (Å²) in [6, 6.07) is 3.32. The minimum Gasteiger partial charge on any atom is -0.493 e. The van der Waals surface area contributed by atoms with Gasteiger partial charge in [0, 0.05) is 6.54 Å². The van der Waals surface area contributed by atoms with E-state index in [1.54, 1.807) is 0 Å². The highest BCUT2D eigenvalue weighted by atomic mass is 32.2. The van der Waals surface area contributed by atoms with Gasteiger partial charge in [-0.1, -0.05) is 12.1 Å². The summed E-state index contributed by atoms with van der Waals surface area (Å²) >= 11 is 0. The number of imide groups is 2. The van der Waals surface area contributed by atoms with Crippen LogP contribution in [0.5, 0.6) is 11.5 Å². The van der Waals surface area contributed by atoms with Gasteiger partial charge in [0.15, 0.2) is 11.5 Å². The van der Waals surface area contributed by atoms with Gasteiger partial charge < -0.3 is 8.92 Å². The largest absolute Gasteiger partial charge is 0.493 e. The van der Waals surface area contributed by atoms with Crippen LogP contribution in [0, 0.1) is 0 Å². The molecule has 0 atom stereocenters. The molecule has 0 bridgehead atoms. The van der Waals surface area contributed by atoms with Crippen molar-refractivity contribution >= 4 is 34.0 Å². The number of amides is 4. The third-order valence-corrected chi connectivity index (χ3v) is 3.72. The predicted molar refractivity (Wildman–Crippen MR) is 91.9 cm³/mol. The zero-order valence-electron chi connectivity index (χ0n) is 14.0. The molecule has 0 radical (unpaired) electrons. The van der Waals surface area contributed by atoms with Crippen molar-refractivity contribution in [2.45, 2.75) is 0 Å². The van der Waals surface area contributed by atoms with E-state index in [4.69, 9.17) is 8.92 Å². The van der Waals surface area contributed by atoms with E-state index in [1.165, 1.54) is 37.5 Å². The van der Waals surface area contributed by atoms with Crippen molar-refractivity contribution in [2.24, 2.45) is 0 Å². The summed E-state index contributed by atoms with van der Waals surface area (Å²) in [7, 11) is -2.44. The molecule has 138 valence electrons. The molecule has 0 spiro atoms. The first-order valence-electron chi connectivity index (χ1n) is 7.23. The number of urea groups is 1. The van der Waals surface area contributed by atoms with Gasteiger partial charge in [-0.3, -0.25) is 19.8 Å². The third kappa shape index (κ3) is 4.28. The lowest BCUT2D eigenvalue weighted by Gasteiger charge is -2.25. The smallest absolute Gasteiger partial charge is 0.331 e. The molecule has 4 amide bonds. The number of methoxy groups -OCH3 is 1. The fourth-order valence-electron chi connectivity index (χ4n) is 2.16. The van der Waals surface area contributed by atoms with E-state index in [2.05, 4.69) is 11.9 Å². The molecule has 0 saturated carbocycles. The van der Waals surface area contributed by atoms with Gasteiger partial charge in [-0.2, -0.15) is 8.42 Å². The number of carbonyl (C=O) groups is 3. The molecule has 1 aliphatic heterocycles. The van der Waals surface area contributed by atoms with E-state index in [1.807, 2.05) is 0 Å². The van der Waals surface area contributed by atoms with E-state index in [0.717, 1.165) is 11.2 Å². The van der Waals surface area contributed by atoms with Crippen molar-refractivity contribution in [3.63, 3.8) is 0 Å². The molecule has 1 N–H and O–H groups in total. The Kier molecular flexibility index (Phi) is 5.46. The second-order valence-corrected chi connectivity index (χ2v) is 6.79. The molecule has 1 saturated heterocycles. The van der Waals surface area contributed by atoms with Crippen LogP contribution in [0.4, 0.5) is 4.79 Å². The summed E-state index contributed by atoms with van der Waals surface area (Å²) < 4.78 is 32.4. The molecule has 10 heteroatoms. The molecule has 0 unspecified atom stereocenters. The molecule has 1 fully saturated rings. The van der Waals surface area contributed by atoms with E-state index >= 15 is 0 Å². The van der Waals surface area contributed by atoms with Gasteiger partial charge in [0.05, 0.1) is 13.4 Å². The summed E-state index contributed by atoms with van der Waals surface area (Å²) in [6.07, 6.45) is 3.50. The average molecular weight is 380 g/mol. The Morgan fingerprint density at radius 2 is 1.92 bits per heavy atom. The summed E-state index contributed by atoms with van der Waals surface area (Å²) in [5.74, 6) is -1.56. The quantitative estimate of drug-likeness (QED) is 0.334. The molecule has 1 aliphatic rings. The first kappa shape index (κ1) is 19.2. The number of ether oxygens (including phenoxy) is 1. The highest BCUT2D eigenvalue weighted by Crippen LogP contribution is 2.30. The number of nitrogens with zero attached hydrogens (tertiary/aromatic N) is 1. The van der Waals surface area contributed by atoms with Gasteiger partial charge in [0.1, 0.15) is 5.57 Å². The first-order valence-corrected chi connectivity index (χ1v) is 9.05. The third-order valence-electron chi connectivity index (χ3n) is 3.24. The Bertz CT molecular complexity index is 919. The lowest BCUT2D eigenvalue weighted by molar-refractivity contribution is -0.129. The number of barbiturate groups is 1.